The maximum atomic E-state index is 11.7. The van der Waals surface area contributed by atoms with Crippen LogP contribution in [0.5, 0.6) is 0 Å². The third-order valence-electron chi connectivity index (χ3n) is 2.93. The van der Waals surface area contributed by atoms with Gasteiger partial charge in [0.05, 0.1) is 0 Å². The molecule has 1 atom stereocenters. The van der Waals surface area contributed by atoms with Crippen molar-refractivity contribution in [2.45, 2.75) is 45.6 Å². The van der Waals surface area contributed by atoms with Crippen LogP contribution in [0, 0.1) is 5.92 Å². The van der Waals surface area contributed by atoms with E-state index in [4.69, 9.17) is 5.73 Å². The first-order valence-electron chi connectivity index (χ1n) is 6.38. The predicted octanol–water partition coefficient (Wildman–Crippen LogP) is 1.56. The Hall–Kier alpha value is -0.770. The van der Waals surface area contributed by atoms with E-state index in [1.807, 2.05) is 4.90 Å². The Labute approximate surface area is 98.6 Å². The molecule has 4 heteroatoms. The number of amides is 2. The Morgan fingerprint density at radius 2 is 1.94 bits per heavy atom. The van der Waals surface area contributed by atoms with Gasteiger partial charge in [-0.05, 0) is 31.6 Å². The lowest BCUT2D eigenvalue weighted by molar-refractivity contribution is 0.185. The predicted molar refractivity (Wildman–Crippen MR) is 66.3 cm³/mol. The molecule has 2 amide bonds. The molecule has 94 valence electrons. The van der Waals surface area contributed by atoms with Gasteiger partial charge < -0.3 is 16.0 Å². The first-order valence-corrected chi connectivity index (χ1v) is 6.38. The molecule has 1 saturated heterocycles. The van der Waals surface area contributed by atoms with Crippen molar-refractivity contribution in [3.05, 3.63) is 0 Å². The number of carbonyl (C=O) groups excluding carboxylic acids is 1. The molecular weight excluding hydrogens is 202 g/mol. The topological polar surface area (TPSA) is 58.4 Å². The van der Waals surface area contributed by atoms with E-state index < -0.39 is 0 Å². The monoisotopic (exact) mass is 227 g/mol. The second-order valence-corrected chi connectivity index (χ2v) is 5.12. The van der Waals surface area contributed by atoms with Crippen LogP contribution in [0.3, 0.4) is 0 Å². The zero-order valence-electron chi connectivity index (χ0n) is 10.5. The molecule has 0 radical (unpaired) electrons. The minimum atomic E-state index is 0.0545. The van der Waals surface area contributed by atoms with Gasteiger partial charge in [-0.15, -0.1) is 0 Å². The van der Waals surface area contributed by atoms with Crippen LogP contribution >= 0.6 is 0 Å². The van der Waals surface area contributed by atoms with Crippen LogP contribution in [0.4, 0.5) is 4.79 Å². The lowest BCUT2D eigenvalue weighted by Crippen LogP contribution is -2.46. The largest absolute Gasteiger partial charge is 0.336 e. The molecule has 1 aliphatic rings. The van der Waals surface area contributed by atoms with Crippen molar-refractivity contribution in [1.29, 1.82) is 0 Å². The normalized spacial score (nSPS) is 18.6. The fourth-order valence-corrected chi connectivity index (χ4v) is 2.12. The number of piperidine rings is 1. The fraction of sp³-hybridized carbons (Fsp3) is 0.917. The van der Waals surface area contributed by atoms with Gasteiger partial charge in [0.15, 0.2) is 0 Å². The SMILES string of the molecule is CC(C)CC(N)CNC(=O)N1CCCCC1. The molecule has 0 saturated carbocycles. The standard InChI is InChI=1S/C12H25N3O/c1-10(2)8-11(13)9-14-12(16)15-6-4-3-5-7-15/h10-11H,3-9,13H2,1-2H3,(H,14,16). The third-order valence-corrected chi connectivity index (χ3v) is 2.93. The van der Waals surface area contributed by atoms with E-state index in [1.54, 1.807) is 0 Å². The van der Waals surface area contributed by atoms with Crippen LogP contribution in [0.1, 0.15) is 39.5 Å². The van der Waals surface area contributed by atoms with E-state index >= 15 is 0 Å². The van der Waals surface area contributed by atoms with Crippen LogP contribution in [0.2, 0.25) is 0 Å². The van der Waals surface area contributed by atoms with Crippen LogP contribution in [0.15, 0.2) is 0 Å². The number of nitrogens with one attached hydrogen (secondary N) is 1. The molecule has 1 aliphatic heterocycles. The van der Waals surface area contributed by atoms with Gasteiger partial charge in [-0.1, -0.05) is 13.8 Å². The number of urea groups is 1. The highest BCUT2D eigenvalue weighted by molar-refractivity contribution is 5.74. The molecule has 1 rings (SSSR count). The fourth-order valence-electron chi connectivity index (χ4n) is 2.12. The van der Waals surface area contributed by atoms with Crippen LogP contribution < -0.4 is 11.1 Å². The first-order chi connectivity index (χ1) is 7.59. The van der Waals surface area contributed by atoms with E-state index in [2.05, 4.69) is 19.2 Å². The molecule has 0 aromatic carbocycles. The summed E-state index contributed by atoms with van der Waals surface area (Å²) in [7, 11) is 0. The second-order valence-electron chi connectivity index (χ2n) is 5.12. The van der Waals surface area contributed by atoms with E-state index in [-0.39, 0.29) is 12.1 Å². The van der Waals surface area contributed by atoms with Gasteiger partial charge in [0.2, 0.25) is 0 Å². The molecule has 0 aromatic heterocycles. The number of likely N-dealkylation sites (tertiary alicyclic amines) is 1. The minimum absolute atomic E-state index is 0.0545. The first kappa shape index (κ1) is 13.3. The Morgan fingerprint density at radius 3 is 2.50 bits per heavy atom. The molecule has 1 fully saturated rings. The van der Waals surface area contributed by atoms with E-state index in [1.165, 1.54) is 6.42 Å². The second kappa shape index (κ2) is 6.74. The highest BCUT2D eigenvalue weighted by Crippen LogP contribution is 2.08. The van der Waals surface area contributed by atoms with Gasteiger partial charge in [-0.2, -0.15) is 0 Å². The summed E-state index contributed by atoms with van der Waals surface area (Å²) in [4.78, 5) is 13.6. The highest BCUT2D eigenvalue weighted by atomic mass is 16.2. The smallest absolute Gasteiger partial charge is 0.317 e. The highest BCUT2D eigenvalue weighted by Gasteiger charge is 2.16. The summed E-state index contributed by atoms with van der Waals surface area (Å²) >= 11 is 0. The zero-order valence-corrected chi connectivity index (χ0v) is 10.5. The van der Waals surface area contributed by atoms with Gasteiger partial charge in [-0.25, -0.2) is 4.79 Å². The average Bonchev–Trinajstić information content (AvgIpc) is 2.26. The maximum Gasteiger partial charge on any atom is 0.317 e. The van der Waals surface area contributed by atoms with Crippen molar-refractivity contribution >= 4 is 6.03 Å². The summed E-state index contributed by atoms with van der Waals surface area (Å²) < 4.78 is 0. The average molecular weight is 227 g/mol. The number of hydrogen-bond acceptors (Lipinski definition) is 2. The van der Waals surface area contributed by atoms with Crippen molar-refractivity contribution in [2.75, 3.05) is 19.6 Å². The Bertz CT molecular complexity index is 212. The number of carbonyl (C=O) groups is 1. The molecule has 0 aromatic rings. The number of nitrogens with two attached hydrogens (primary N) is 1. The molecular formula is C12H25N3O. The summed E-state index contributed by atoms with van der Waals surface area (Å²) in [6.45, 7) is 6.67. The van der Waals surface area contributed by atoms with Gasteiger partial charge >= 0.3 is 6.03 Å². The van der Waals surface area contributed by atoms with Gasteiger partial charge in [-0.3, -0.25) is 0 Å². The maximum absolute atomic E-state index is 11.7. The number of nitrogens with zero attached hydrogens (tertiary/aromatic N) is 1. The minimum Gasteiger partial charge on any atom is -0.336 e. The quantitative estimate of drug-likeness (QED) is 0.765. The van der Waals surface area contributed by atoms with Crippen LogP contribution in [-0.2, 0) is 0 Å². The Kier molecular flexibility index (Phi) is 5.60. The zero-order chi connectivity index (χ0) is 12.0. The summed E-state index contributed by atoms with van der Waals surface area (Å²) in [5.41, 5.74) is 5.92. The van der Waals surface area contributed by atoms with E-state index in [0.717, 1.165) is 32.4 Å². The molecule has 1 unspecified atom stereocenters. The molecule has 0 aliphatic carbocycles. The summed E-state index contributed by atoms with van der Waals surface area (Å²) in [5.74, 6) is 0.585. The Balaban J connectivity index is 2.18. The summed E-state index contributed by atoms with van der Waals surface area (Å²) in [6.07, 6.45) is 4.47. The molecule has 4 nitrogen and oxygen atoms in total. The van der Waals surface area contributed by atoms with E-state index in [9.17, 15) is 4.79 Å². The number of rotatable bonds is 4. The van der Waals surface area contributed by atoms with E-state index in [0.29, 0.717) is 12.5 Å². The summed E-state index contributed by atoms with van der Waals surface area (Å²) in [5, 5.41) is 2.92. The lowest BCUT2D eigenvalue weighted by Gasteiger charge is -2.27. The van der Waals surface area contributed by atoms with Crippen molar-refractivity contribution in [2.24, 2.45) is 11.7 Å². The third kappa shape index (κ3) is 4.84. The molecule has 3 N–H and O–H groups in total. The van der Waals surface area contributed by atoms with Gasteiger partial charge in [0.1, 0.15) is 0 Å². The molecule has 16 heavy (non-hydrogen) atoms. The van der Waals surface area contributed by atoms with Crippen molar-refractivity contribution in [3.8, 4) is 0 Å². The Morgan fingerprint density at radius 1 is 1.31 bits per heavy atom. The van der Waals surface area contributed by atoms with Crippen molar-refractivity contribution in [3.63, 3.8) is 0 Å². The molecule has 0 spiro atoms. The lowest BCUT2D eigenvalue weighted by atomic mass is 10.0. The van der Waals surface area contributed by atoms with Crippen LogP contribution in [-0.4, -0.2) is 36.6 Å². The van der Waals surface area contributed by atoms with Gasteiger partial charge in [0, 0.05) is 25.7 Å². The summed E-state index contributed by atoms with van der Waals surface area (Å²) in [6, 6.07) is 0.132. The van der Waals surface area contributed by atoms with Crippen LogP contribution in [0.25, 0.3) is 0 Å². The van der Waals surface area contributed by atoms with Gasteiger partial charge in [0.25, 0.3) is 0 Å². The van der Waals surface area contributed by atoms with Crippen molar-refractivity contribution < 1.29 is 4.79 Å². The molecule has 0 bridgehead atoms. The number of hydrogen-bond donors (Lipinski definition) is 2. The molecule has 1 heterocycles. The van der Waals surface area contributed by atoms with Crippen molar-refractivity contribution in [1.82, 2.24) is 10.2 Å².